The van der Waals surface area contributed by atoms with Crippen molar-refractivity contribution in [3.8, 4) is 0 Å². The second-order valence-electron chi connectivity index (χ2n) is 4.21. The van der Waals surface area contributed by atoms with Gasteiger partial charge in [0.25, 0.3) is 0 Å². The van der Waals surface area contributed by atoms with Crippen molar-refractivity contribution in [1.29, 1.82) is 0 Å². The Morgan fingerprint density at radius 2 is 2.16 bits per heavy atom. The zero-order valence-corrected chi connectivity index (χ0v) is 11.8. The van der Waals surface area contributed by atoms with Crippen molar-refractivity contribution in [2.45, 2.75) is 19.8 Å². The third-order valence-electron chi connectivity index (χ3n) is 2.69. The second kappa shape index (κ2) is 6.89. The number of aromatic nitrogens is 3. The molecule has 1 heterocycles. The van der Waals surface area contributed by atoms with E-state index in [1.807, 2.05) is 22.9 Å². The lowest BCUT2D eigenvalue weighted by Crippen LogP contribution is -2.17. The minimum Gasteiger partial charge on any atom is -0.318 e. The minimum absolute atomic E-state index is 0.608. The van der Waals surface area contributed by atoms with Crippen molar-refractivity contribution < 1.29 is 0 Å². The molecule has 2 aromatic rings. The Hall–Kier alpha value is -1.88. The summed E-state index contributed by atoms with van der Waals surface area (Å²) in [7, 11) is 0. The van der Waals surface area contributed by atoms with Crippen LogP contribution in [0.1, 0.15) is 24.7 Å². The van der Waals surface area contributed by atoms with Crippen LogP contribution in [0.5, 0.6) is 0 Å². The first-order valence-electron chi connectivity index (χ1n) is 6.43. The van der Waals surface area contributed by atoms with E-state index >= 15 is 0 Å². The summed E-state index contributed by atoms with van der Waals surface area (Å²) < 4.78 is 2.45. The molecule has 0 aliphatic carbocycles. The fourth-order valence-corrected chi connectivity index (χ4v) is 2.00. The highest BCUT2D eigenvalue weighted by atomic mass is 32.1. The maximum atomic E-state index is 5.19. The largest absolute Gasteiger partial charge is 0.318 e. The number of benzene rings is 1. The Morgan fingerprint density at radius 1 is 1.37 bits per heavy atom. The molecule has 0 aliphatic heterocycles. The highest BCUT2D eigenvalue weighted by Crippen LogP contribution is 2.01. The quantitative estimate of drug-likeness (QED) is 0.795. The normalized spacial score (nSPS) is 11.0. The number of aryl methyl sites for hydroxylation is 1. The Labute approximate surface area is 118 Å². The summed E-state index contributed by atoms with van der Waals surface area (Å²) in [4.78, 5) is 0. The van der Waals surface area contributed by atoms with Crippen LogP contribution in [0.4, 0.5) is 0 Å². The fourth-order valence-electron chi connectivity index (χ4n) is 1.79. The standard InChI is InChI=1S/C14H18N4S/c1-2-7-13-16-17-14(19)18(13)15-11-6-10-12-8-4-3-5-9-12/h3-6,8-10,15H,2,7,11H2,1H3,(H,17,19). The van der Waals surface area contributed by atoms with Gasteiger partial charge >= 0.3 is 0 Å². The minimum atomic E-state index is 0.608. The van der Waals surface area contributed by atoms with Crippen molar-refractivity contribution in [1.82, 2.24) is 14.9 Å². The van der Waals surface area contributed by atoms with Crippen LogP contribution in [-0.2, 0) is 6.42 Å². The molecule has 2 N–H and O–H groups in total. The van der Waals surface area contributed by atoms with E-state index in [1.165, 1.54) is 5.56 Å². The summed E-state index contributed by atoms with van der Waals surface area (Å²) in [5.74, 6) is 0.945. The second-order valence-corrected chi connectivity index (χ2v) is 4.59. The summed E-state index contributed by atoms with van der Waals surface area (Å²) in [5, 5.41) is 7.01. The lowest BCUT2D eigenvalue weighted by Gasteiger charge is -2.06. The van der Waals surface area contributed by atoms with Crippen molar-refractivity contribution >= 4 is 18.3 Å². The van der Waals surface area contributed by atoms with Crippen molar-refractivity contribution in [2.24, 2.45) is 0 Å². The van der Waals surface area contributed by atoms with Crippen LogP contribution in [0, 0.1) is 4.77 Å². The number of nitrogens with one attached hydrogen (secondary N) is 2. The Bertz CT molecular complexity index is 583. The van der Waals surface area contributed by atoms with E-state index in [-0.39, 0.29) is 0 Å². The van der Waals surface area contributed by atoms with E-state index in [0.717, 1.165) is 18.7 Å². The number of hydrogen-bond donors (Lipinski definition) is 2. The van der Waals surface area contributed by atoms with Crippen molar-refractivity contribution in [2.75, 3.05) is 12.0 Å². The highest BCUT2D eigenvalue weighted by Gasteiger charge is 2.02. The van der Waals surface area contributed by atoms with Gasteiger partial charge in [-0.1, -0.05) is 49.4 Å². The first-order valence-corrected chi connectivity index (χ1v) is 6.84. The average Bonchev–Trinajstić information content (AvgIpc) is 2.78. The summed E-state index contributed by atoms with van der Waals surface area (Å²) >= 11 is 5.19. The van der Waals surface area contributed by atoms with Gasteiger partial charge in [-0.3, -0.25) is 5.10 Å². The number of nitrogens with zero attached hydrogens (tertiary/aromatic N) is 2. The summed E-state index contributed by atoms with van der Waals surface area (Å²) in [5.41, 5.74) is 4.44. The van der Waals surface area contributed by atoms with Gasteiger partial charge < -0.3 is 5.43 Å². The molecule has 1 aromatic heterocycles. The van der Waals surface area contributed by atoms with Gasteiger partial charge in [-0.15, -0.1) is 0 Å². The summed E-state index contributed by atoms with van der Waals surface area (Å²) in [6.07, 6.45) is 6.10. The third-order valence-corrected chi connectivity index (χ3v) is 2.97. The van der Waals surface area contributed by atoms with E-state index in [2.05, 4.69) is 46.8 Å². The zero-order valence-electron chi connectivity index (χ0n) is 11.0. The monoisotopic (exact) mass is 274 g/mol. The Morgan fingerprint density at radius 3 is 2.89 bits per heavy atom. The molecule has 0 aliphatic rings. The first kappa shape index (κ1) is 13.5. The predicted octanol–water partition coefficient (Wildman–Crippen LogP) is 3.15. The molecule has 1 aromatic carbocycles. The zero-order chi connectivity index (χ0) is 13.5. The molecule has 0 atom stereocenters. The van der Waals surface area contributed by atoms with Crippen molar-refractivity contribution in [3.05, 3.63) is 52.6 Å². The molecule has 5 heteroatoms. The van der Waals surface area contributed by atoms with E-state index in [4.69, 9.17) is 12.2 Å². The topological polar surface area (TPSA) is 45.6 Å². The molecular weight excluding hydrogens is 256 g/mol. The summed E-state index contributed by atoms with van der Waals surface area (Å²) in [6.45, 7) is 2.83. The smallest absolute Gasteiger partial charge is 0.214 e. The Kier molecular flexibility index (Phi) is 4.92. The van der Waals surface area contributed by atoms with Gasteiger partial charge in [0.1, 0.15) is 0 Å². The number of rotatable bonds is 6. The van der Waals surface area contributed by atoms with Gasteiger partial charge in [-0.25, -0.2) is 4.68 Å². The molecule has 0 saturated heterocycles. The molecule has 4 nitrogen and oxygen atoms in total. The molecule has 0 fully saturated rings. The van der Waals surface area contributed by atoms with E-state index in [0.29, 0.717) is 11.3 Å². The van der Waals surface area contributed by atoms with Crippen LogP contribution in [0.15, 0.2) is 36.4 Å². The molecule has 0 bridgehead atoms. The maximum Gasteiger partial charge on any atom is 0.214 e. The maximum absolute atomic E-state index is 5.19. The van der Waals surface area contributed by atoms with Crippen LogP contribution in [0.25, 0.3) is 6.08 Å². The first-order chi connectivity index (χ1) is 9.31. The Balaban J connectivity index is 1.94. The van der Waals surface area contributed by atoms with Crippen LogP contribution < -0.4 is 5.43 Å². The number of hydrogen-bond acceptors (Lipinski definition) is 3. The van der Waals surface area contributed by atoms with Gasteiger partial charge in [0.15, 0.2) is 5.82 Å². The van der Waals surface area contributed by atoms with Gasteiger partial charge in [0.05, 0.1) is 0 Å². The molecular formula is C14H18N4S. The van der Waals surface area contributed by atoms with E-state index in [9.17, 15) is 0 Å². The molecule has 0 amide bonds. The van der Waals surface area contributed by atoms with E-state index in [1.54, 1.807) is 0 Å². The SMILES string of the molecule is CCCc1n[nH]c(=S)n1NCC=Cc1ccccc1. The molecule has 19 heavy (non-hydrogen) atoms. The van der Waals surface area contributed by atoms with Crippen molar-refractivity contribution in [3.63, 3.8) is 0 Å². The highest BCUT2D eigenvalue weighted by molar-refractivity contribution is 7.71. The fraction of sp³-hybridized carbons (Fsp3) is 0.286. The van der Waals surface area contributed by atoms with Gasteiger partial charge in [0.2, 0.25) is 4.77 Å². The van der Waals surface area contributed by atoms with Crippen LogP contribution in [0.3, 0.4) is 0 Å². The van der Waals surface area contributed by atoms with Gasteiger partial charge in [-0.2, -0.15) is 5.10 Å². The molecule has 0 saturated carbocycles. The number of H-pyrrole nitrogens is 1. The van der Waals surface area contributed by atoms with Crippen LogP contribution >= 0.6 is 12.2 Å². The average molecular weight is 274 g/mol. The van der Waals surface area contributed by atoms with Crippen LogP contribution in [-0.4, -0.2) is 21.4 Å². The molecule has 100 valence electrons. The van der Waals surface area contributed by atoms with Crippen LogP contribution in [0.2, 0.25) is 0 Å². The molecule has 0 unspecified atom stereocenters. The lowest BCUT2D eigenvalue weighted by atomic mass is 10.2. The molecule has 2 rings (SSSR count). The van der Waals surface area contributed by atoms with E-state index < -0.39 is 0 Å². The lowest BCUT2D eigenvalue weighted by molar-refractivity contribution is 0.750. The summed E-state index contributed by atoms with van der Waals surface area (Å²) in [6, 6.07) is 10.2. The molecule has 0 radical (unpaired) electrons. The number of aromatic amines is 1. The van der Waals surface area contributed by atoms with Gasteiger partial charge in [0, 0.05) is 13.0 Å². The van der Waals surface area contributed by atoms with Gasteiger partial charge in [-0.05, 0) is 24.2 Å². The third kappa shape index (κ3) is 3.79. The molecule has 0 spiro atoms. The predicted molar refractivity (Wildman–Crippen MR) is 81.1 cm³/mol.